The van der Waals surface area contributed by atoms with Gasteiger partial charge in [-0.2, -0.15) is 0 Å². The summed E-state index contributed by atoms with van der Waals surface area (Å²) in [5.74, 6) is 1.43. The summed E-state index contributed by atoms with van der Waals surface area (Å²) in [6.07, 6.45) is 7.20. The fourth-order valence-corrected chi connectivity index (χ4v) is 3.43. The molecule has 2 rings (SSSR count). The molecule has 4 heteroatoms. The van der Waals surface area contributed by atoms with Gasteiger partial charge < -0.3 is 5.32 Å². The number of nitrogens with one attached hydrogen (secondary N) is 1. The smallest absolute Gasteiger partial charge is 0.0487 e. The summed E-state index contributed by atoms with van der Waals surface area (Å²) in [6.45, 7) is 1.08. The first-order valence-electron chi connectivity index (χ1n) is 5.82. The molecule has 0 radical (unpaired) electrons. The number of rotatable bonds is 4. The number of hydrogen-bond acceptors (Lipinski definition) is 3. The van der Waals surface area contributed by atoms with Crippen molar-refractivity contribution in [2.45, 2.75) is 31.1 Å². The first-order valence-corrected chi connectivity index (χ1v) is 7.30. The van der Waals surface area contributed by atoms with Gasteiger partial charge in [-0.05, 0) is 37.1 Å². The molecule has 1 N–H and O–H groups in total. The van der Waals surface area contributed by atoms with Crippen molar-refractivity contribution in [2.24, 2.45) is 0 Å². The van der Waals surface area contributed by atoms with Gasteiger partial charge >= 0.3 is 0 Å². The van der Waals surface area contributed by atoms with E-state index >= 15 is 0 Å². The van der Waals surface area contributed by atoms with Crippen LogP contribution in [0.1, 0.15) is 24.8 Å². The Morgan fingerprint density at radius 1 is 1.38 bits per heavy atom. The van der Waals surface area contributed by atoms with E-state index in [0.717, 1.165) is 17.9 Å². The third-order valence-electron chi connectivity index (χ3n) is 2.88. The second-order valence-corrected chi connectivity index (χ2v) is 5.75. The van der Waals surface area contributed by atoms with Crippen LogP contribution in [0.25, 0.3) is 0 Å². The Bertz CT molecular complexity index is 336. The van der Waals surface area contributed by atoms with Crippen LogP contribution in [0.15, 0.2) is 24.5 Å². The monoisotopic (exact) mass is 238 g/mol. The molecular formula is C12H18N2OS. The molecule has 88 valence electrons. The largest absolute Gasteiger partial charge is 0.313 e. The lowest BCUT2D eigenvalue weighted by atomic mass is 10.1. The van der Waals surface area contributed by atoms with Crippen molar-refractivity contribution in [3.8, 4) is 0 Å². The summed E-state index contributed by atoms with van der Waals surface area (Å²) in [5.41, 5.74) is 1.11. The summed E-state index contributed by atoms with van der Waals surface area (Å²) in [5, 5.41) is 3.43. The first-order chi connectivity index (χ1) is 7.84. The van der Waals surface area contributed by atoms with Crippen LogP contribution in [-0.4, -0.2) is 27.5 Å². The molecule has 16 heavy (non-hydrogen) atoms. The Labute approximate surface area is 99.1 Å². The van der Waals surface area contributed by atoms with Gasteiger partial charge in [-0.25, -0.2) is 0 Å². The molecule has 1 aliphatic heterocycles. The predicted octanol–water partition coefficient (Wildman–Crippen LogP) is 1.47. The number of hydrogen-bond donors (Lipinski definition) is 1. The Hall–Kier alpha value is -0.740. The molecule has 0 amide bonds. The second-order valence-electron chi connectivity index (χ2n) is 4.25. The fourth-order valence-electron chi connectivity index (χ4n) is 2.01. The van der Waals surface area contributed by atoms with Crippen molar-refractivity contribution >= 4 is 10.8 Å². The molecule has 1 saturated heterocycles. The Balaban J connectivity index is 1.80. The summed E-state index contributed by atoms with van der Waals surface area (Å²) in [6, 6.07) is 4.33. The van der Waals surface area contributed by atoms with Crippen molar-refractivity contribution in [2.75, 3.05) is 12.3 Å². The Morgan fingerprint density at radius 3 is 2.88 bits per heavy atom. The molecule has 0 saturated carbocycles. The topological polar surface area (TPSA) is 42.0 Å². The average Bonchev–Trinajstić information content (AvgIpc) is 2.31. The molecule has 3 nitrogen and oxygen atoms in total. The molecule has 1 aromatic heterocycles. The molecule has 0 bridgehead atoms. The lowest BCUT2D eigenvalue weighted by Crippen LogP contribution is -2.38. The zero-order chi connectivity index (χ0) is 11.2. The van der Waals surface area contributed by atoms with Crippen LogP contribution in [0.2, 0.25) is 0 Å². The summed E-state index contributed by atoms with van der Waals surface area (Å²) < 4.78 is 11.9. The van der Waals surface area contributed by atoms with Crippen molar-refractivity contribution in [3.63, 3.8) is 0 Å². The van der Waals surface area contributed by atoms with Crippen molar-refractivity contribution < 1.29 is 4.21 Å². The second kappa shape index (κ2) is 6.11. The van der Waals surface area contributed by atoms with Gasteiger partial charge in [0.05, 0.1) is 0 Å². The highest BCUT2D eigenvalue weighted by Gasteiger charge is 2.15. The number of aromatic nitrogens is 1. The molecule has 2 unspecified atom stereocenters. The standard InChI is InChI=1S/C12H18N2OS/c15-16(9-11-4-7-13-8-5-11)10-12-3-1-2-6-14-12/h4-5,7-8,12,14H,1-3,6,9-10H2. The van der Waals surface area contributed by atoms with E-state index < -0.39 is 10.8 Å². The number of nitrogens with zero attached hydrogens (tertiary/aromatic N) is 1. The van der Waals surface area contributed by atoms with E-state index in [0.29, 0.717) is 11.8 Å². The molecule has 2 heterocycles. The highest BCUT2D eigenvalue weighted by Crippen LogP contribution is 2.10. The van der Waals surface area contributed by atoms with Gasteiger partial charge in [-0.15, -0.1) is 0 Å². The van der Waals surface area contributed by atoms with Gasteiger partial charge in [0.1, 0.15) is 0 Å². The fraction of sp³-hybridized carbons (Fsp3) is 0.583. The van der Waals surface area contributed by atoms with Gasteiger partial charge in [0.2, 0.25) is 0 Å². The van der Waals surface area contributed by atoms with E-state index in [1.165, 1.54) is 19.3 Å². The molecular weight excluding hydrogens is 220 g/mol. The molecule has 1 aliphatic rings. The van der Waals surface area contributed by atoms with Crippen LogP contribution < -0.4 is 5.32 Å². The maximum Gasteiger partial charge on any atom is 0.0487 e. The molecule has 1 aromatic rings. The zero-order valence-electron chi connectivity index (χ0n) is 9.39. The predicted molar refractivity (Wildman–Crippen MR) is 66.6 cm³/mol. The van der Waals surface area contributed by atoms with Crippen LogP contribution in [0, 0.1) is 0 Å². The van der Waals surface area contributed by atoms with Crippen LogP contribution >= 0.6 is 0 Å². The van der Waals surface area contributed by atoms with Crippen LogP contribution in [0.3, 0.4) is 0 Å². The molecule has 0 aliphatic carbocycles. The normalized spacial score (nSPS) is 22.9. The van der Waals surface area contributed by atoms with E-state index in [4.69, 9.17) is 0 Å². The van der Waals surface area contributed by atoms with Gasteiger partial charge in [-0.3, -0.25) is 9.19 Å². The minimum atomic E-state index is -0.759. The molecule has 2 atom stereocenters. The maximum atomic E-state index is 11.9. The molecule has 1 fully saturated rings. The Morgan fingerprint density at radius 2 is 2.19 bits per heavy atom. The van der Waals surface area contributed by atoms with Gasteiger partial charge in [-0.1, -0.05) is 6.42 Å². The Kier molecular flexibility index (Phi) is 4.48. The molecule has 0 aromatic carbocycles. The first kappa shape index (κ1) is 11.7. The lowest BCUT2D eigenvalue weighted by Gasteiger charge is -2.22. The van der Waals surface area contributed by atoms with Gasteiger partial charge in [0.15, 0.2) is 0 Å². The highest BCUT2D eigenvalue weighted by atomic mass is 32.2. The minimum absolute atomic E-state index is 0.455. The van der Waals surface area contributed by atoms with E-state index in [-0.39, 0.29) is 0 Å². The van der Waals surface area contributed by atoms with Crippen molar-refractivity contribution in [1.82, 2.24) is 10.3 Å². The van der Waals surface area contributed by atoms with Crippen LogP contribution in [-0.2, 0) is 16.6 Å². The lowest BCUT2D eigenvalue weighted by molar-refractivity contribution is 0.427. The number of pyridine rings is 1. The minimum Gasteiger partial charge on any atom is -0.313 e. The zero-order valence-corrected chi connectivity index (χ0v) is 10.2. The summed E-state index contributed by atoms with van der Waals surface area (Å²) >= 11 is 0. The van der Waals surface area contributed by atoms with Crippen molar-refractivity contribution in [3.05, 3.63) is 30.1 Å². The third kappa shape index (κ3) is 3.68. The van der Waals surface area contributed by atoms with Gasteiger partial charge in [0, 0.05) is 40.7 Å². The van der Waals surface area contributed by atoms with Gasteiger partial charge in [0.25, 0.3) is 0 Å². The van der Waals surface area contributed by atoms with E-state index in [2.05, 4.69) is 10.3 Å². The highest BCUT2D eigenvalue weighted by molar-refractivity contribution is 7.84. The maximum absolute atomic E-state index is 11.9. The average molecular weight is 238 g/mol. The third-order valence-corrected chi connectivity index (χ3v) is 4.31. The van der Waals surface area contributed by atoms with E-state index in [9.17, 15) is 4.21 Å². The SMILES string of the molecule is O=S(Cc1ccncc1)CC1CCCCN1. The van der Waals surface area contributed by atoms with Crippen LogP contribution in [0.4, 0.5) is 0 Å². The summed E-state index contributed by atoms with van der Waals surface area (Å²) in [4.78, 5) is 3.96. The quantitative estimate of drug-likeness (QED) is 0.864. The summed E-state index contributed by atoms with van der Waals surface area (Å²) in [7, 11) is -0.759. The number of piperidine rings is 1. The van der Waals surface area contributed by atoms with Crippen molar-refractivity contribution in [1.29, 1.82) is 0 Å². The van der Waals surface area contributed by atoms with E-state index in [1.807, 2.05) is 12.1 Å². The molecule has 0 spiro atoms. The van der Waals surface area contributed by atoms with E-state index in [1.54, 1.807) is 12.4 Å². The van der Waals surface area contributed by atoms with Crippen LogP contribution in [0.5, 0.6) is 0 Å².